The Kier molecular flexibility index (Phi) is 6.44. The zero-order chi connectivity index (χ0) is 19.5. The third kappa shape index (κ3) is 4.44. The van der Waals surface area contributed by atoms with Crippen molar-refractivity contribution >= 4 is 27.5 Å². The smallest absolute Gasteiger partial charge is 0.252 e. The maximum atomic E-state index is 12.6. The monoisotopic (exact) mass is 398 g/mol. The average molecular weight is 399 g/mol. The Morgan fingerprint density at radius 3 is 2.65 bits per heavy atom. The molecule has 2 rings (SSSR count). The predicted molar refractivity (Wildman–Crippen MR) is 101 cm³/mol. The van der Waals surface area contributed by atoms with E-state index in [4.69, 9.17) is 11.6 Å². The van der Waals surface area contributed by atoms with Crippen LogP contribution >= 0.6 is 11.6 Å². The fraction of sp³-hybridized carbons (Fsp3) is 0.412. The molecule has 26 heavy (non-hydrogen) atoms. The zero-order valence-corrected chi connectivity index (χ0v) is 16.8. The number of benzene rings is 1. The van der Waals surface area contributed by atoms with Crippen LogP contribution < -0.4 is 5.32 Å². The summed E-state index contributed by atoms with van der Waals surface area (Å²) in [5, 5.41) is 2.95. The van der Waals surface area contributed by atoms with Gasteiger partial charge in [-0.25, -0.2) is 13.4 Å². The van der Waals surface area contributed by atoms with Crippen molar-refractivity contribution in [3.8, 4) is 0 Å². The second-order valence-corrected chi connectivity index (χ2v) is 8.62. The number of aryl methyl sites for hydroxylation is 1. The van der Waals surface area contributed by atoms with Crippen LogP contribution in [0.2, 0.25) is 5.02 Å². The van der Waals surface area contributed by atoms with Crippen LogP contribution in [-0.4, -0.2) is 47.8 Å². The summed E-state index contributed by atoms with van der Waals surface area (Å²) in [7, 11) is -0.314. The first-order chi connectivity index (χ1) is 12.1. The van der Waals surface area contributed by atoms with Gasteiger partial charge in [0.25, 0.3) is 5.91 Å². The van der Waals surface area contributed by atoms with E-state index in [1.807, 2.05) is 17.8 Å². The number of hydrogen-bond donors (Lipinski definition) is 1. The van der Waals surface area contributed by atoms with Crippen LogP contribution in [0.25, 0.3) is 0 Å². The normalized spacial score (nSPS) is 12.0. The lowest BCUT2D eigenvalue weighted by Crippen LogP contribution is -2.33. The van der Waals surface area contributed by atoms with Gasteiger partial charge in [0.05, 0.1) is 15.5 Å². The molecular weight excluding hydrogens is 376 g/mol. The molecule has 1 amide bonds. The van der Waals surface area contributed by atoms with Gasteiger partial charge in [0.15, 0.2) is 0 Å². The SMILES string of the molecule is CC(C)N(C)S(=O)(=O)c1ccc(Cl)c(C(=O)NCCc2nccn2C)c1. The van der Waals surface area contributed by atoms with Crippen LogP contribution in [0.15, 0.2) is 35.5 Å². The molecule has 1 aromatic heterocycles. The number of carbonyl (C=O) groups is 1. The molecule has 0 atom stereocenters. The number of carbonyl (C=O) groups excluding carboxylic acids is 1. The molecule has 7 nitrogen and oxygen atoms in total. The fourth-order valence-electron chi connectivity index (χ4n) is 2.30. The molecule has 0 saturated carbocycles. The van der Waals surface area contributed by atoms with E-state index in [0.29, 0.717) is 13.0 Å². The molecule has 9 heteroatoms. The molecule has 1 N–H and O–H groups in total. The fourth-order valence-corrected chi connectivity index (χ4v) is 3.90. The molecule has 0 fully saturated rings. The lowest BCUT2D eigenvalue weighted by atomic mass is 10.2. The summed E-state index contributed by atoms with van der Waals surface area (Å²) < 4.78 is 28.3. The molecule has 0 radical (unpaired) electrons. The second-order valence-electron chi connectivity index (χ2n) is 6.22. The molecule has 0 aliphatic rings. The summed E-state index contributed by atoms with van der Waals surface area (Å²) in [6.07, 6.45) is 4.07. The van der Waals surface area contributed by atoms with E-state index in [0.717, 1.165) is 5.82 Å². The minimum absolute atomic E-state index is 0.0346. The van der Waals surface area contributed by atoms with Crippen LogP contribution in [0.4, 0.5) is 0 Å². The molecule has 142 valence electrons. The van der Waals surface area contributed by atoms with Gasteiger partial charge in [0.2, 0.25) is 10.0 Å². The van der Waals surface area contributed by atoms with Crippen molar-refractivity contribution in [3.63, 3.8) is 0 Å². The third-order valence-corrected chi connectivity index (χ3v) is 6.50. The van der Waals surface area contributed by atoms with Crippen molar-refractivity contribution in [2.45, 2.75) is 31.2 Å². The Morgan fingerprint density at radius 1 is 1.38 bits per heavy atom. The highest BCUT2D eigenvalue weighted by Crippen LogP contribution is 2.23. The van der Waals surface area contributed by atoms with Gasteiger partial charge in [-0.2, -0.15) is 4.31 Å². The topological polar surface area (TPSA) is 84.3 Å². The van der Waals surface area contributed by atoms with Crippen molar-refractivity contribution in [3.05, 3.63) is 47.0 Å². The standard InChI is InChI=1S/C17H23ClN4O3S/c1-12(2)22(4)26(24,25)13-5-6-15(18)14(11-13)17(23)20-8-7-16-19-9-10-21(16)3/h5-6,9-12H,7-8H2,1-4H3,(H,20,23). The molecule has 0 spiro atoms. The minimum atomic E-state index is -3.69. The van der Waals surface area contributed by atoms with E-state index >= 15 is 0 Å². The van der Waals surface area contributed by atoms with Gasteiger partial charge in [-0.3, -0.25) is 4.79 Å². The highest BCUT2D eigenvalue weighted by molar-refractivity contribution is 7.89. The summed E-state index contributed by atoms with van der Waals surface area (Å²) in [6.45, 7) is 3.92. The highest BCUT2D eigenvalue weighted by atomic mass is 35.5. The summed E-state index contributed by atoms with van der Waals surface area (Å²) in [5.41, 5.74) is 0.129. The Morgan fingerprint density at radius 2 is 2.08 bits per heavy atom. The number of nitrogens with one attached hydrogen (secondary N) is 1. The largest absolute Gasteiger partial charge is 0.352 e. The van der Waals surface area contributed by atoms with Gasteiger partial charge in [0, 0.05) is 45.5 Å². The Bertz CT molecular complexity index is 893. The van der Waals surface area contributed by atoms with Gasteiger partial charge in [0.1, 0.15) is 5.82 Å². The number of imidazole rings is 1. The molecule has 0 saturated heterocycles. The molecule has 1 aromatic carbocycles. The summed E-state index contributed by atoms with van der Waals surface area (Å²) in [4.78, 5) is 16.7. The van der Waals surface area contributed by atoms with E-state index in [1.54, 1.807) is 20.0 Å². The van der Waals surface area contributed by atoms with Crippen molar-refractivity contribution in [2.75, 3.05) is 13.6 Å². The second kappa shape index (κ2) is 8.20. The van der Waals surface area contributed by atoms with Gasteiger partial charge < -0.3 is 9.88 Å². The van der Waals surface area contributed by atoms with Crippen LogP contribution in [0.1, 0.15) is 30.0 Å². The summed E-state index contributed by atoms with van der Waals surface area (Å²) in [5.74, 6) is 0.416. The van der Waals surface area contributed by atoms with Crippen molar-refractivity contribution in [2.24, 2.45) is 7.05 Å². The first kappa shape index (κ1) is 20.4. The zero-order valence-electron chi connectivity index (χ0n) is 15.2. The van der Waals surface area contributed by atoms with Gasteiger partial charge in [-0.15, -0.1) is 0 Å². The van der Waals surface area contributed by atoms with E-state index in [2.05, 4.69) is 10.3 Å². The minimum Gasteiger partial charge on any atom is -0.352 e. The maximum Gasteiger partial charge on any atom is 0.252 e. The number of sulfonamides is 1. The molecule has 0 unspecified atom stereocenters. The molecular formula is C17H23ClN4O3S. The van der Waals surface area contributed by atoms with Gasteiger partial charge >= 0.3 is 0 Å². The first-order valence-electron chi connectivity index (χ1n) is 8.16. The van der Waals surface area contributed by atoms with Crippen molar-refractivity contribution in [1.82, 2.24) is 19.2 Å². The van der Waals surface area contributed by atoms with Gasteiger partial charge in [-0.05, 0) is 32.0 Å². The number of nitrogens with zero attached hydrogens (tertiary/aromatic N) is 3. The van der Waals surface area contributed by atoms with E-state index in [-0.39, 0.29) is 21.5 Å². The Labute approximate surface area is 159 Å². The van der Waals surface area contributed by atoms with Crippen LogP contribution in [-0.2, 0) is 23.5 Å². The molecule has 0 aliphatic carbocycles. The third-order valence-electron chi connectivity index (χ3n) is 4.14. The molecule has 0 aliphatic heterocycles. The quantitative estimate of drug-likeness (QED) is 0.773. The van der Waals surface area contributed by atoms with E-state index < -0.39 is 15.9 Å². The Hall–Kier alpha value is -1.90. The predicted octanol–water partition coefficient (Wildman–Crippen LogP) is 2.07. The van der Waals surface area contributed by atoms with Crippen LogP contribution in [0.5, 0.6) is 0 Å². The molecule has 0 bridgehead atoms. The first-order valence-corrected chi connectivity index (χ1v) is 9.98. The van der Waals surface area contributed by atoms with Crippen molar-refractivity contribution < 1.29 is 13.2 Å². The number of aromatic nitrogens is 2. The Balaban J connectivity index is 2.16. The summed E-state index contributed by atoms with van der Waals surface area (Å²) in [6, 6.07) is 3.94. The highest BCUT2D eigenvalue weighted by Gasteiger charge is 2.25. The molecule has 1 heterocycles. The van der Waals surface area contributed by atoms with Crippen LogP contribution in [0, 0.1) is 0 Å². The number of halogens is 1. The van der Waals surface area contributed by atoms with Crippen molar-refractivity contribution in [1.29, 1.82) is 0 Å². The number of rotatable bonds is 7. The number of amides is 1. The number of hydrogen-bond acceptors (Lipinski definition) is 4. The average Bonchev–Trinajstić information content (AvgIpc) is 2.99. The summed E-state index contributed by atoms with van der Waals surface area (Å²) >= 11 is 6.10. The van der Waals surface area contributed by atoms with E-state index in [9.17, 15) is 13.2 Å². The van der Waals surface area contributed by atoms with Crippen LogP contribution in [0.3, 0.4) is 0 Å². The van der Waals surface area contributed by atoms with Gasteiger partial charge in [-0.1, -0.05) is 11.6 Å². The van der Waals surface area contributed by atoms with E-state index in [1.165, 1.54) is 29.6 Å². The lowest BCUT2D eigenvalue weighted by Gasteiger charge is -2.21. The molecule has 2 aromatic rings. The maximum absolute atomic E-state index is 12.6. The lowest BCUT2D eigenvalue weighted by molar-refractivity contribution is 0.0954.